The number of aliphatic hydroxyl groups is 1. The molecule has 0 spiro atoms. The van der Waals surface area contributed by atoms with E-state index in [1.807, 2.05) is 84.9 Å². The van der Waals surface area contributed by atoms with Crippen molar-refractivity contribution in [3.63, 3.8) is 0 Å². The summed E-state index contributed by atoms with van der Waals surface area (Å²) < 4.78 is 16.9. The second-order valence-electron chi connectivity index (χ2n) is 16.9. The monoisotopic (exact) mass is 925 g/mol. The van der Waals surface area contributed by atoms with E-state index >= 15 is 0 Å². The highest BCUT2D eigenvalue weighted by Crippen LogP contribution is 2.31. The fourth-order valence-electron chi connectivity index (χ4n) is 8.21. The van der Waals surface area contributed by atoms with Gasteiger partial charge >= 0.3 is 6.09 Å². The average molecular weight is 926 g/mol. The van der Waals surface area contributed by atoms with E-state index in [2.05, 4.69) is 44.9 Å². The molecule has 9 rings (SSSR count). The van der Waals surface area contributed by atoms with Gasteiger partial charge in [0.25, 0.3) is 5.91 Å². The molecule has 3 aliphatic rings. The van der Waals surface area contributed by atoms with Gasteiger partial charge in [-0.15, -0.1) is 0 Å². The number of fused-ring (bicyclic) bond motifs is 4. The number of H-pyrrole nitrogens is 1. The highest BCUT2D eigenvalue weighted by Gasteiger charge is 2.37. The van der Waals surface area contributed by atoms with Crippen LogP contribution in [0.5, 0.6) is 11.5 Å². The van der Waals surface area contributed by atoms with Crippen molar-refractivity contribution in [1.82, 2.24) is 25.8 Å². The predicted molar refractivity (Wildman–Crippen MR) is 263 cm³/mol. The maximum absolute atomic E-state index is 13.0. The number of carbonyl (C=O) groups excluding carboxylic acids is 3. The predicted octanol–water partition coefficient (Wildman–Crippen LogP) is 7.38. The van der Waals surface area contributed by atoms with Crippen molar-refractivity contribution in [2.75, 3.05) is 53.0 Å². The highest BCUT2D eigenvalue weighted by atomic mass is 16.6. The van der Waals surface area contributed by atoms with Gasteiger partial charge < -0.3 is 50.2 Å². The molecule has 0 aliphatic carbocycles. The molecular weight excluding hydrogens is 863 g/mol. The Hall–Kier alpha value is -6.84. The molecule has 4 heterocycles. The summed E-state index contributed by atoms with van der Waals surface area (Å²) in [7, 11) is 1.68. The Labute approximate surface area is 397 Å². The number of piperidine rings is 3. The van der Waals surface area contributed by atoms with E-state index in [0.29, 0.717) is 53.1 Å². The van der Waals surface area contributed by atoms with Gasteiger partial charge in [-0.3, -0.25) is 14.5 Å². The second-order valence-corrected chi connectivity index (χ2v) is 16.9. The lowest BCUT2D eigenvalue weighted by Gasteiger charge is -2.43. The van der Waals surface area contributed by atoms with Crippen LogP contribution in [0.1, 0.15) is 76.0 Å². The van der Waals surface area contributed by atoms with E-state index in [1.54, 1.807) is 31.4 Å². The van der Waals surface area contributed by atoms with Crippen LogP contribution in [0.2, 0.25) is 0 Å². The van der Waals surface area contributed by atoms with Crippen molar-refractivity contribution < 1.29 is 38.8 Å². The lowest BCUT2D eigenvalue weighted by atomic mass is 9.86. The lowest BCUT2D eigenvalue weighted by molar-refractivity contribution is -0.107. The number of aryl methyl sites for hydroxylation is 1. The number of nitrogens with one attached hydrogen (secondary N) is 4. The molecule has 6 N–H and O–H groups in total. The van der Waals surface area contributed by atoms with Crippen molar-refractivity contribution in [1.29, 1.82) is 0 Å². The zero-order valence-electron chi connectivity index (χ0n) is 38.8. The molecule has 3 aliphatic heterocycles. The van der Waals surface area contributed by atoms with E-state index in [9.17, 15) is 29.4 Å². The Balaban J connectivity index is 0.000000219. The fourth-order valence-corrected chi connectivity index (χ4v) is 8.21. The molecule has 2 unspecified atom stereocenters. The van der Waals surface area contributed by atoms with Crippen LogP contribution in [0.3, 0.4) is 0 Å². The van der Waals surface area contributed by atoms with Gasteiger partial charge in [0.15, 0.2) is 0 Å². The van der Waals surface area contributed by atoms with Crippen molar-refractivity contribution in [2.45, 2.75) is 57.5 Å². The van der Waals surface area contributed by atoms with E-state index in [1.165, 1.54) is 17.7 Å². The first-order valence-corrected chi connectivity index (χ1v) is 23.1. The summed E-state index contributed by atoms with van der Waals surface area (Å²) in [6, 6.07) is 40.5. The molecular formula is C54H63N5O9. The molecule has 3 saturated heterocycles. The minimum Gasteiger partial charge on any atom is -0.506 e. The van der Waals surface area contributed by atoms with Crippen LogP contribution in [0.4, 0.5) is 4.79 Å². The lowest BCUT2D eigenvalue weighted by Crippen LogP contribution is -2.52. The van der Waals surface area contributed by atoms with Crippen molar-refractivity contribution in [2.24, 2.45) is 5.92 Å². The number of phenols is 1. The van der Waals surface area contributed by atoms with E-state index in [4.69, 9.17) is 14.2 Å². The van der Waals surface area contributed by atoms with Gasteiger partial charge in [0.05, 0.1) is 24.2 Å². The van der Waals surface area contributed by atoms with Crippen LogP contribution in [0.25, 0.3) is 10.9 Å². The summed E-state index contributed by atoms with van der Waals surface area (Å²) in [5.41, 5.74) is 5.26. The number of methoxy groups -OCH3 is 1. The first-order valence-electron chi connectivity index (χ1n) is 23.1. The van der Waals surface area contributed by atoms with Crippen molar-refractivity contribution in [3.05, 3.63) is 177 Å². The normalized spacial score (nSPS) is 16.7. The zero-order chi connectivity index (χ0) is 48.1. The molecule has 2 bridgehead atoms. The number of rotatable bonds is 18. The second kappa shape index (κ2) is 26.5. The van der Waals surface area contributed by atoms with E-state index in [0.717, 1.165) is 75.2 Å². The van der Waals surface area contributed by atoms with Crippen LogP contribution < -0.4 is 26.2 Å². The number of unbranched alkanes of at least 4 members (excludes halogenated alkanes) is 1. The SMILES string of the molecule is COCCCCNCC(O)c1ccc(O)c2[nH]c(=O)ccc12.Cc1ccccc1.O=CCNC(=O)c1ccc(COc2cccc(C(NC(=O)O[C@H]3CN4CCC3CC4)c3ccccc3)c2)cc1. The highest BCUT2D eigenvalue weighted by molar-refractivity contribution is 5.95. The minimum atomic E-state index is -0.712. The molecule has 1 aromatic heterocycles. The van der Waals surface area contributed by atoms with Crippen LogP contribution in [0, 0.1) is 12.8 Å². The van der Waals surface area contributed by atoms with Gasteiger partial charge in [0.2, 0.25) is 5.56 Å². The Kier molecular flexibility index (Phi) is 19.7. The molecule has 5 aromatic carbocycles. The molecule has 14 heteroatoms. The first-order chi connectivity index (χ1) is 33.1. The maximum atomic E-state index is 13.0. The smallest absolute Gasteiger partial charge is 0.408 e. The van der Waals surface area contributed by atoms with Crippen LogP contribution in [-0.4, -0.2) is 97.5 Å². The van der Waals surface area contributed by atoms with Crippen LogP contribution in [-0.2, 0) is 20.9 Å². The molecule has 0 radical (unpaired) electrons. The number of ether oxygens (including phenoxy) is 3. The quantitative estimate of drug-likeness (QED) is 0.0373. The van der Waals surface area contributed by atoms with Gasteiger partial charge in [0, 0.05) is 43.8 Å². The van der Waals surface area contributed by atoms with Crippen LogP contribution >= 0.6 is 0 Å². The standard InChI is InChI=1S/C31H33N3O5.C16H22N2O4.C7H8/c35-18-15-32-30(36)25-11-9-22(10-12-25)21-38-27-8-4-7-26(19-27)29(24-5-2-1-3-6-24)33-31(37)39-28-20-34-16-13-23(28)14-17-34;1-22-9-3-2-8-17-10-14(20)11-4-6-13(19)16-12(11)5-7-15(21)18-16;1-7-5-3-2-4-6-7/h1-12,18-19,23,28-29H,13-17,20-21H2,(H,32,36)(H,33,37);4-7,14,17,19-20H,2-3,8-10H2,1H3,(H,18,21);2-6H,1H3/t28-,29?;;/m0../s1. The number of phenolic OH excluding ortho intramolecular Hbond substituents is 1. The Morgan fingerprint density at radius 1 is 0.868 bits per heavy atom. The Bertz CT molecular complexity index is 2550. The van der Waals surface area contributed by atoms with Gasteiger partial charge in [0.1, 0.15) is 30.5 Å². The molecule has 3 fully saturated rings. The number of pyridine rings is 1. The van der Waals surface area contributed by atoms with E-state index in [-0.39, 0.29) is 29.9 Å². The van der Waals surface area contributed by atoms with Gasteiger partial charge in [-0.05, 0) is 117 Å². The third kappa shape index (κ3) is 15.4. The molecule has 14 nitrogen and oxygen atoms in total. The molecule has 358 valence electrons. The molecule has 6 aromatic rings. The van der Waals surface area contributed by atoms with Crippen LogP contribution in [0.15, 0.2) is 138 Å². The minimum absolute atomic E-state index is 0.00354. The number of aromatic hydroxyl groups is 1. The number of aromatic nitrogens is 1. The van der Waals surface area contributed by atoms with Gasteiger partial charge in [-0.25, -0.2) is 4.79 Å². The number of nitrogens with zero attached hydrogens (tertiary/aromatic N) is 1. The summed E-state index contributed by atoms with van der Waals surface area (Å²) in [5.74, 6) is 0.797. The zero-order valence-corrected chi connectivity index (χ0v) is 38.8. The summed E-state index contributed by atoms with van der Waals surface area (Å²) in [6.07, 6.45) is 3.56. The number of carbonyl (C=O) groups is 3. The molecule has 3 atom stereocenters. The number of hydrogen-bond donors (Lipinski definition) is 6. The maximum Gasteiger partial charge on any atom is 0.408 e. The summed E-state index contributed by atoms with van der Waals surface area (Å²) in [6.45, 7) is 7.31. The number of aliphatic hydroxyl groups excluding tert-OH is 1. The topological polar surface area (TPSA) is 192 Å². The number of alkyl carbamates (subject to hydrolysis) is 1. The third-order valence-corrected chi connectivity index (χ3v) is 11.9. The largest absolute Gasteiger partial charge is 0.506 e. The molecule has 2 amide bonds. The average Bonchev–Trinajstić information content (AvgIpc) is 3.37. The Morgan fingerprint density at radius 3 is 2.25 bits per heavy atom. The summed E-state index contributed by atoms with van der Waals surface area (Å²) in [5, 5.41) is 29.6. The van der Waals surface area contributed by atoms with Gasteiger partial charge in [-0.2, -0.15) is 0 Å². The summed E-state index contributed by atoms with van der Waals surface area (Å²) >= 11 is 0. The first kappa shape index (κ1) is 50.6. The molecule has 0 saturated carbocycles. The number of hydrogen-bond acceptors (Lipinski definition) is 11. The van der Waals surface area contributed by atoms with Crippen molar-refractivity contribution >= 4 is 29.2 Å². The number of aldehydes is 1. The summed E-state index contributed by atoms with van der Waals surface area (Å²) in [4.78, 5) is 51.8. The van der Waals surface area contributed by atoms with Crippen molar-refractivity contribution in [3.8, 4) is 11.5 Å². The Morgan fingerprint density at radius 2 is 1.59 bits per heavy atom. The number of benzene rings is 5. The fraction of sp³-hybridized carbons (Fsp3) is 0.333. The third-order valence-electron chi connectivity index (χ3n) is 11.9. The molecule has 68 heavy (non-hydrogen) atoms. The number of aromatic amines is 1. The van der Waals surface area contributed by atoms with Gasteiger partial charge in [-0.1, -0.05) is 96.6 Å². The van der Waals surface area contributed by atoms with E-state index < -0.39 is 18.2 Å². The number of amides is 2.